The van der Waals surface area contributed by atoms with Crippen molar-refractivity contribution < 1.29 is 4.74 Å². The molecule has 1 unspecified atom stereocenters. The van der Waals surface area contributed by atoms with Crippen molar-refractivity contribution in [2.45, 2.75) is 5.25 Å². The Kier molecular flexibility index (Phi) is 4.74. The lowest BCUT2D eigenvalue weighted by Gasteiger charge is -2.21. The maximum absolute atomic E-state index is 5.78. The predicted molar refractivity (Wildman–Crippen MR) is 79.5 cm³/mol. The minimum atomic E-state index is 0.681. The highest BCUT2D eigenvalue weighted by Gasteiger charge is 2.13. The highest BCUT2D eigenvalue weighted by molar-refractivity contribution is 8.06. The Hall–Kier alpha value is -0.680. The van der Waals surface area contributed by atoms with Crippen molar-refractivity contribution in [1.29, 1.82) is 0 Å². The van der Waals surface area contributed by atoms with Crippen molar-refractivity contribution in [3.63, 3.8) is 0 Å². The summed E-state index contributed by atoms with van der Waals surface area (Å²) in [6.45, 7) is 1.00. The Bertz CT molecular complexity index is 368. The Morgan fingerprint density at radius 3 is 3.06 bits per heavy atom. The fraction of sp³-hybridized carbons (Fsp3) is 0.500. The van der Waals surface area contributed by atoms with Crippen LogP contribution in [0, 0.1) is 0 Å². The number of benzene rings is 1. The molecule has 0 aliphatic carbocycles. The molecule has 2 rings (SSSR count). The molecule has 1 aromatic rings. The van der Waals surface area contributed by atoms with E-state index in [-0.39, 0.29) is 0 Å². The van der Waals surface area contributed by atoms with Gasteiger partial charge in [-0.1, -0.05) is 0 Å². The summed E-state index contributed by atoms with van der Waals surface area (Å²) < 4.78 is 5.20. The zero-order chi connectivity index (χ0) is 12.1. The van der Waals surface area contributed by atoms with Gasteiger partial charge in [-0.2, -0.15) is 23.5 Å². The number of nitrogens with two attached hydrogens (primary N) is 1. The third kappa shape index (κ3) is 3.64. The van der Waals surface area contributed by atoms with Crippen molar-refractivity contribution in [1.82, 2.24) is 0 Å². The number of nitrogen functional groups attached to an aromatic ring is 1. The molecule has 0 amide bonds. The summed E-state index contributed by atoms with van der Waals surface area (Å²) in [5, 5.41) is 4.15. The number of anilines is 2. The van der Waals surface area contributed by atoms with Gasteiger partial charge >= 0.3 is 0 Å². The van der Waals surface area contributed by atoms with E-state index in [4.69, 9.17) is 10.5 Å². The van der Waals surface area contributed by atoms with Crippen LogP contribution in [0.3, 0.4) is 0 Å². The number of hydrogen-bond acceptors (Lipinski definition) is 5. The van der Waals surface area contributed by atoms with E-state index in [9.17, 15) is 0 Å². The summed E-state index contributed by atoms with van der Waals surface area (Å²) in [5.74, 6) is 4.53. The van der Waals surface area contributed by atoms with Gasteiger partial charge < -0.3 is 15.8 Å². The van der Waals surface area contributed by atoms with Gasteiger partial charge in [0.1, 0.15) is 5.75 Å². The summed E-state index contributed by atoms with van der Waals surface area (Å²) in [6, 6.07) is 5.83. The van der Waals surface area contributed by atoms with E-state index in [0.717, 1.165) is 18.0 Å². The van der Waals surface area contributed by atoms with Crippen molar-refractivity contribution in [3.05, 3.63) is 18.2 Å². The van der Waals surface area contributed by atoms with Crippen LogP contribution in [0.15, 0.2) is 18.2 Å². The number of thioether (sulfide) groups is 2. The fourth-order valence-electron chi connectivity index (χ4n) is 1.71. The van der Waals surface area contributed by atoms with Gasteiger partial charge in [0.15, 0.2) is 0 Å². The van der Waals surface area contributed by atoms with E-state index in [1.165, 1.54) is 17.3 Å². The molecule has 0 aromatic heterocycles. The van der Waals surface area contributed by atoms with Crippen LogP contribution < -0.4 is 15.8 Å². The average molecular weight is 270 g/mol. The molecule has 0 spiro atoms. The number of hydrogen-bond donors (Lipinski definition) is 2. The molecule has 1 heterocycles. The molecule has 17 heavy (non-hydrogen) atoms. The molecule has 1 aliphatic rings. The van der Waals surface area contributed by atoms with E-state index in [1.54, 1.807) is 7.11 Å². The standard InChI is InChI=1S/C12H18N2OS2/c1-15-12-6-9(2-3-11(12)13)14-7-10-8-16-4-5-17-10/h2-3,6,10,14H,4-5,7-8,13H2,1H3. The van der Waals surface area contributed by atoms with E-state index in [2.05, 4.69) is 17.1 Å². The van der Waals surface area contributed by atoms with Crippen LogP contribution in [0.5, 0.6) is 5.75 Å². The first-order chi connectivity index (χ1) is 8.29. The Morgan fingerprint density at radius 1 is 1.47 bits per heavy atom. The minimum Gasteiger partial charge on any atom is -0.495 e. The van der Waals surface area contributed by atoms with E-state index >= 15 is 0 Å². The molecule has 5 heteroatoms. The molecule has 1 atom stereocenters. The van der Waals surface area contributed by atoms with E-state index in [1.807, 2.05) is 30.0 Å². The SMILES string of the molecule is COc1cc(NCC2CSCCS2)ccc1N. The zero-order valence-corrected chi connectivity index (χ0v) is 11.6. The third-order valence-corrected chi connectivity index (χ3v) is 5.50. The normalized spacial score (nSPS) is 19.9. The summed E-state index contributed by atoms with van der Waals surface area (Å²) in [7, 11) is 1.64. The molecular formula is C12H18N2OS2. The van der Waals surface area contributed by atoms with Crippen LogP contribution >= 0.6 is 23.5 Å². The van der Waals surface area contributed by atoms with E-state index < -0.39 is 0 Å². The summed E-state index contributed by atoms with van der Waals surface area (Å²) in [4.78, 5) is 0. The highest BCUT2D eigenvalue weighted by Crippen LogP contribution is 2.27. The van der Waals surface area contributed by atoms with Gasteiger partial charge in [-0.05, 0) is 12.1 Å². The molecule has 0 radical (unpaired) electrons. The van der Waals surface area contributed by atoms with Crippen LogP contribution in [0.4, 0.5) is 11.4 Å². The lowest BCUT2D eigenvalue weighted by Crippen LogP contribution is -2.23. The molecule has 1 aliphatic heterocycles. The first-order valence-corrected chi connectivity index (χ1v) is 7.86. The minimum absolute atomic E-state index is 0.681. The van der Waals surface area contributed by atoms with Crippen LogP contribution in [0.1, 0.15) is 0 Å². The molecule has 0 saturated carbocycles. The first-order valence-electron chi connectivity index (χ1n) is 5.66. The van der Waals surface area contributed by atoms with Gasteiger partial charge in [0.25, 0.3) is 0 Å². The summed E-state index contributed by atoms with van der Waals surface area (Å²) in [5.41, 5.74) is 7.54. The quantitative estimate of drug-likeness (QED) is 0.823. The monoisotopic (exact) mass is 270 g/mol. The average Bonchev–Trinajstić information content (AvgIpc) is 2.39. The Balaban J connectivity index is 1.89. The summed E-state index contributed by atoms with van der Waals surface area (Å²) in [6.07, 6.45) is 0. The zero-order valence-electron chi connectivity index (χ0n) is 9.94. The van der Waals surface area contributed by atoms with Crippen LogP contribution in [-0.4, -0.2) is 36.2 Å². The lowest BCUT2D eigenvalue weighted by atomic mass is 10.2. The van der Waals surface area contributed by atoms with Crippen molar-refractivity contribution >= 4 is 34.9 Å². The maximum atomic E-state index is 5.78. The fourth-order valence-corrected chi connectivity index (χ4v) is 4.32. The number of rotatable bonds is 4. The number of nitrogens with one attached hydrogen (secondary N) is 1. The van der Waals surface area contributed by atoms with Gasteiger partial charge in [-0.25, -0.2) is 0 Å². The number of ether oxygens (including phenoxy) is 1. The molecule has 3 N–H and O–H groups in total. The Labute approximate surface area is 111 Å². The topological polar surface area (TPSA) is 47.3 Å². The molecule has 1 aromatic carbocycles. The molecule has 1 fully saturated rings. The molecular weight excluding hydrogens is 252 g/mol. The van der Waals surface area contributed by atoms with Crippen molar-refractivity contribution in [2.75, 3.05) is 42.0 Å². The van der Waals surface area contributed by atoms with Gasteiger partial charge in [0, 0.05) is 40.8 Å². The van der Waals surface area contributed by atoms with Gasteiger partial charge in [-0.15, -0.1) is 0 Å². The predicted octanol–water partition coefficient (Wildman–Crippen LogP) is 2.54. The highest BCUT2D eigenvalue weighted by atomic mass is 32.2. The van der Waals surface area contributed by atoms with Crippen molar-refractivity contribution in [2.24, 2.45) is 0 Å². The van der Waals surface area contributed by atoms with Crippen LogP contribution in [0.2, 0.25) is 0 Å². The third-order valence-electron chi connectivity index (χ3n) is 2.65. The molecule has 0 bridgehead atoms. The second kappa shape index (κ2) is 6.31. The van der Waals surface area contributed by atoms with Crippen LogP contribution in [0.25, 0.3) is 0 Å². The second-order valence-corrected chi connectivity index (χ2v) is 6.46. The molecule has 1 saturated heterocycles. The lowest BCUT2D eigenvalue weighted by molar-refractivity contribution is 0.417. The Morgan fingerprint density at radius 2 is 2.35 bits per heavy atom. The smallest absolute Gasteiger partial charge is 0.143 e. The first kappa shape index (κ1) is 12.8. The molecule has 94 valence electrons. The van der Waals surface area contributed by atoms with Gasteiger partial charge in [0.05, 0.1) is 12.8 Å². The van der Waals surface area contributed by atoms with Gasteiger partial charge in [0.2, 0.25) is 0 Å². The largest absolute Gasteiger partial charge is 0.495 e. The second-order valence-electron chi connectivity index (χ2n) is 3.91. The van der Waals surface area contributed by atoms with Crippen molar-refractivity contribution in [3.8, 4) is 5.75 Å². The maximum Gasteiger partial charge on any atom is 0.143 e. The summed E-state index contributed by atoms with van der Waals surface area (Å²) >= 11 is 4.10. The number of methoxy groups -OCH3 is 1. The van der Waals surface area contributed by atoms with Crippen LogP contribution in [-0.2, 0) is 0 Å². The van der Waals surface area contributed by atoms with E-state index in [0.29, 0.717) is 10.9 Å². The molecule has 3 nitrogen and oxygen atoms in total. The van der Waals surface area contributed by atoms with Gasteiger partial charge in [-0.3, -0.25) is 0 Å².